The largest absolute Gasteiger partial charge is 0.472 e. The summed E-state index contributed by atoms with van der Waals surface area (Å²) < 4.78 is 5.18. The van der Waals surface area contributed by atoms with Crippen LogP contribution in [0.1, 0.15) is 43.9 Å². The van der Waals surface area contributed by atoms with Gasteiger partial charge in [0.2, 0.25) is 0 Å². The molecule has 1 heterocycles. The normalized spacial score (nSPS) is 13.5. The summed E-state index contributed by atoms with van der Waals surface area (Å²) in [7, 11) is 0. The molecule has 0 saturated carbocycles. The summed E-state index contributed by atoms with van der Waals surface area (Å²) in [5.74, 6) is 0. The topological polar surface area (TPSA) is 39.2 Å². The zero-order valence-electron chi connectivity index (χ0n) is 11.1. The first-order valence-electron chi connectivity index (χ1n) is 6.57. The summed E-state index contributed by atoms with van der Waals surface area (Å²) >= 11 is 0. The van der Waals surface area contributed by atoms with Crippen molar-refractivity contribution in [2.24, 2.45) is 5.73 Å². The van der Waals surface area contributed by atoms with Crippen molar-refractivity contribution in [2.75, 3.05) is 0 Å². The van der Waals surface area contributed by atoms with Gasteiger partial charge in [-0.05, 0) is 24.5 Å². The highest BCUT2D eigenvalue weighted by molar-refractivity contribution is 5.31. The zero-order valence-corrected chi connectivity index (χ0v) is 11.1. The Kier molecular flexibility index (Phi) is 3.87. The van der Waals surface area contributed by atoms with Crippen molar-refractivity contribution in [3.63, 3.8) is 0 Å². The third-order valence-electron chi connectivity index (χ3n) is 4.11. The van der Waals surface area contributed by atoms with E-state index in [2.05, 4.69) is 38.1 Å². The number of benzene rings is 1. The smallest absolute Gasteiger partial charge is 0.0950 e. The molecule has 1 aromatic heterocycles. The molecule has 2 nitrogen and oxygen atoms in total. The van der Waals surface area contributed by atoms with E-state index in [1.165, 1.54) is 5.56 Å². The SMILES string of the molecule is CCC(CC)(c1ccccc1)C(N)c1ccoc1. The predicted octanol–water partition coefficient (Wildman–Crippen LogP) is 4.04. The summed E-state index contributed by atoms with van der Waals surface area (Å²) in [6, 6.07) is 12.5. The molecule has 0 aliphatic heterocycles. The first-order valence-corrected chi connectivity index (χ1v) is 6.57. The first-order chi connectivity index (χ1) is 8.74. The van der Waals surface area contributed by atoms with Crippen molar-refractivity contribution >= 4 is 0 Å². The fourth-order valence-electron chi connectivity index (χ4n) is 2.82. The highest BCUT2D eigenvalue weighted by Crippen LogP contribution is 2.41. The zero-order chi connectivity index (χ0) is 13.0. The van der Waals surface area contributed by atoms with E-state index < -0.39 is 0 Å². The number of hydrogen-bond donors (Lipinski definition) is 1. The molecule has 1 unspecified atom stereocenters. The van der Waals surface area contributed by atoms with Gasteiger partial charge in [0.25, 0.3) is 0 Å². The van der Waals surface area contributed by atoms with E-state index in [0.717, 1.165) is 18.4 Å². The van der Waals surface area contributed by atoms with Gasteiger partial charge in [0, 0.05) is 17.0 Å². The van der Waals surface area contributed by atoms with E-state index in [1.54, 1.807) is 12.5 Å². The van der Waals surface area contributed by atoms with Crippen LogP contribution in [0.4, 0.5) is 0 Å². The lowest BCUT2D eigenvalue weighted by atomic mass is 9.69. The van der Waals surface area contributed by atoms with Crippen molar-refractivity contribution in [2.45, 2.75) is 38.1 Å². The highest BCUT2D eigenvalue weighted by Gasteiger charge is 2.36. The predicted molar refractivity (Wildman–Crippen MR) is 74.3 cm³/mol. The van der Waals surface area contributed by atoms with Gasteiger partial charge in [-0.15, -0.1) is 0 Å². The van der Waals surface area contributed by atoms with Gasteiger partial charge in [-0.3, -0.25) is 0 Å². The first kappa shape index (κ1) is 12.9. The van der Waals surface area contributed by atoms with Crippen molar-refractivity contribution in [3.8, 4) is 0 Å². The van der Waals surface area contributed by atoms with E-state index >= 15 is 0 Å². The van der Waals surface area contributed by atoms with Crippen LogP contribution in [0, 0.1) is 0 Å². The van der Waals surface area contributed by atoms with Crippen LogP contribution >= 0.6 is 0 Å². The summed E-state index contributed by atoms with van der Waals surface area (Å²) in [6.45, 7) is 4.41. The van der Waals surface area contributed by atoms with Crippen molar-refractivity contribution in [1.29, 1.82) is 0 Å². The average molecular weight is 243 g/mol. The fourth-order valence-corrected chi connectivity index (χ4v) is 2.82. The number of nitrogens with two attached hydrogens (primary N) is 1. The lowest BCUT2D eigenvalue weighted by Crippen LogP contribution is -2.37. The second-order valence-corrected chi connectivity index (χ2v) is 4.76. The summed E-state index contributed by atoms with van der Waals surface area (Å²) in [5.41, 5.74) is 8.87. The van der Waals surface area contributed by atoms with E-state index in [0.29, 0.717) is 0 Å². The second-order valence-electron chi connectivity index (χ2n) is 4.76. The van der Waals surface area contributed by atoms with E-state index in [-0.39, 0.29) is 11.5 Å². The second kappa shape index (κ2) is 5.40. The summed E-state index contributed by atoms with van der Waals surface area (Å²) in [5, 5.41) is 0. The van der Waals surface area contributed by atoms with Gasteiger partial charge in [0.15, 0.2) is 0 Å². The molecule has 0 fully saturated rings. The minimum atomic E-state index is -0.0337. The maximum Gasteiger partial charge on any atom is 0.0950 e. The number of hydrogen-bond acceptors (Lipinski definition) is 2. The number of furan rings is 1. The van der Waals surface area contributed by atoms with Crippen LogP contribution in [0.2, 0.25) is 0 Å². The summed E-state index contributed by atoms with van der Waals surface area (Å²) in [6.07, 6.45) is 5.48. The Balaban J connectivity index is 2.44. The fraction of sp³-hybridized carbons (Fsp3) is 0.375. The molecule has 0 aliphatic carbocycles. The Morgan fingerprint density at radius 3 is 2.28 bits per heavy atom. The molecular formula is C16H21NO. The van der Waals surface area contributed by atoms with Gasteiger partial charge in [-0.25, -0.2) is 0 Å². The molecular weight excluding hydrogens is 222 g/mol. The monoisotopic (exact) mass is 243 g/mol. The van der Waals surface area contributed by atoms with E-state index in [4.69, 9.17) is 10.2 Å². The van der Waals surface area contributed by atoms with Crippen LogP contribution < -0.4 is 5.73 Å². The molecule has 2 aromatic rings. The molecule has 0 radical (unpaired) electrons. The Morgan fingerprint density at radius 1 is 1.11 bits per heavy atom. The van der Waals surface area contributed by atoms with E-state index in [9.17, 15) is 0 Å². The van der Waals surface area contributed by atoms with E-state index in [1.807, 2.05) is 12.1 Å². The van der Waals surface area contributed by atoms with Crippen LogP contribution in [-0.4, -0.2) is 0 Å². The minimum Gasteiger partial charge on any atom is -0.472 e. The van der Waals surface area contributed by atoms with Crippen LogP contribution in [0.5, 0.6) is 0 Å². The lowest BCUT2D eigenvalue weighted by Gasteiger charge is -2.38. The van der Waals surface area contributed by atoms with Crippen molar-refractivity contribution < 1.29 is 4.42 Å². The average Bonchev–Trinajstić information content (AvgIpc) is 2.96. The standard InChI is InChI=1S/C16H21NO/c1-3-16(4-2,14-8-6-5-7-9-14)15(17)13-10-11-18-12-13/h5-12,15H,3-4,17H2,1-2H3. The molecule has 2 rings (SSSR count). The van der Waals surface area contributed by atoms with Crippen LogP contribution in [0.15, 0.2) is 53.3 Å². The molecule has 0 saturated heterocycles. The third kappa shape index (κ3) is 2.08. The third-order valence-corrected chi connectivity index (χ3v) is 4.11. The van der Waals surface area contributed by atoms with Gasteiger partial charge in [0.05, 0.1) is 12.5 Å². The molecule has 96 valence electrons. The van der Waals surface area contributed by atoms with Gasteiger partial charge in [0.1, 0.15) is 0 Å². The maximum atomic E-state index is 6.51. The van der Waals surface area contributed by atoms with Gasteiger partial charge in [-0.2, -0.15) is 0 Å². The molecule has 0 aliphatic rings. The van der Waals surface area contributed by atoms with Crippen molar-refractivity contribution in [1.82, 2.24) is 0 Å². The quantitative estimate of drug-likeness (QED) is 0.860. The maximum absolute atomic E-state index is 6.51. The lowest BCUT2D eigenvalue weighted by molar-refractivity contribution is 0.320. The Morgan fingerprint density at radius 2 is 1.78 bits per heavy atom. The van der Waals surface area contributed by atoms with Crippen LogP contribution in [-0.2, 0) is 5.41 Å². The van der Waals surface area contributed by atoms with Gasteiger partial charge < -0.3 is 10.2 Å². The summed E-state index contributed by atoms with van der Waals surface area (Å²) in [4.78, 5) is 0. The highest BCUT2D eigenvalue weighted by atomic mass is 16.3. The molecule has 2 N–H and O–H groups in total. The number of rotatable bonds is 5. The van der Waals surface area contributed by atoms with Crippen LogP contribution in [0.25, 0.3) is 0 Å². The van der Waals surface area contributed by atoms with Crippen molar-refractivity contribution in [3.05, 3.63) is 60.1 Å². The molecule has 2 heteroatoms. The van der Waals surface area contributed by atoms with Crippen LogP contribution in [0.3, 0.4) is 0 Å². The Bertz CT molecular complexity index is 457. The molecule has 0 spiro atoms. The Hall–Kier alpha value is -1.54. The molecule has 0 amide bonds. The molecule has 18 heavy (non-hydrogen) atoms. The van der Waals surface area contributed by atoms with Gasteiger partial charge >= 0.3 is 0 Å². The molecule has 0 bridgehead atoms. The minimum absolute atomic E-state index is 0.0227. The van der Waals surface area contributed by atoms with Gasteiger partial charge in [-0.1, -0.05) is 44.2 Å². The molecule has 1 aromatic carbocycles. The Labute approximate surface area is 109 Å². The molecule has 1 atom stereocenters.